The van der Waals surface area contributed by atoms with E-state index in [4.69, 9.17) is 10.00 Å². The first-order chi connectivity index (χ1) is 5.34. The predicted molar refractivity (Wildman–Crippen MR) is 39.8 cm³/mol. The van der Waals surface area contributed by atoms with Gasteiger partial charge in [0, 0.05) is 25.6 Å². The monoisotopic (exact) mass is 155 g/mol. The number of aliphatic hydroxyl groups excluding tert-OH is 1. The quantitative estimate of drug-likeness (QED) is 0.606. The fourth-order valence-corrected chi connectivity index (χ4v) is 1.32. The molecule has 11 heavy (non-hydrogen) atoms. The Morgan fingerprint density at radius 3 is 2.91 bits per heavy atom. The summed E-state index contributed by atoms with van der Waals surface area (Å²) in [6.45, 7) is 1.31. The summed E-state index contributed by atoms with van der Waals surface area (Å²) < 4.78 is 5.17. The molecule has 0 aromatic rings. The van der Waals surface area contributed by atoms with Gasteiger partial charge in [-0.05, 0) is 12.8 Å². The SMILES string of the molecule is N#CCC1CCOCCC1O. The van der Waals surface area contributed by atoms with Crippen molar-refractivity contribution in [3.05, 3.63) is 0 Å². The van der Waals surface area contributed by atoms with Crippen molar-refractivity contribution in [2.75, 3.05) is 13.2 Å². The molecule has 1 heterocycles. The number of nitriles is 1. The highest BCUT2D eigenvalue weighted by Gasteiger charge is 2.21. The van der Waals surface area contributed by atoms with Crippen molar-refractivity contribution in [2.24, 2.45) is 5.92 Å². The summed E-state index contributed by atoms with van der Waals surface area (Å²) in [5, 5.41) is 17.9. The minimum absolute atomic E-state index is 0.127. The minimum Gasteiger partial charge on any atom is -0.393 e. The van der Waals surface area contributed by atoms with Gasteiger partial charge in [0.1, 0.15) is 0 Å². The molecule has 1 aliphatic heterocycles. The zero-order chi connectivity index (χ0) is 8.10. The van der Waals surface area contributed by atoms with Crippen molar-refractivity contribution >= 4 is 0 Å². The van der Waals surface area contributed by atoms with Gasteiger partial charge >= 0.3 is 0 Å². The molecule has 3 nitrogen and oxygen atoms in total. The smallest absolute Gasteiger partial charge is 0.0625 e. The van der Waals surface area contributed by atoms with Gasteiger partial charge < -0.3 is 9.84 Å². The van der Waals surface area contributed by atoms with Crippen LogP contribution in [0.15, 0.2) is 0 Å². The van der Waals surface area contributed by atoms with Crippen molar-refractivity contribution < 1.29 is 9.84 Å². The van der Waals surface area contributed by atoms with Gasteiger partial charge in [0.15, 0.2) is 0 Å². The van der Waals surface area contributed by atoms with E-state index in [9.17, 15) is 5.11 Å². The van der Waals surface area contributed by atoms with Crippen LogP contribution in [0.3, 0.4) is 0 Å². The molecule has 0 radical (unpaired) electrons. The van der Waals surface area contributed by atoms with E-state index in [1.165, 1.54) is 0 Å². The van der Waals surface area contributed by atoms with Crippen LogP contribution in [0.2, 0.25) is 0 Å². The molecule has 3 heteroatoms. The minimum atomic E-state index is -0.336. The van der Waals surface area contributed by atoms with Gasteiger partial charge in [-0.25, -0.2) is 0 Å². The lowest BCUT2D eigenvalue weighted by Gasteiger charge is -2.15. The molecule has 62 valence electrons. The number of aliphatic hydroxyl groups is 1. The van der Waals surface area contributed by atoms with Gasteiger partial charge in [-0.15, -0.1) is 0 Å². The number of hydrogen-bond donors (Lipinski definition) is 1. The number of hydrogen-bond acceptors (Lipinski definition) is 3. The lowest BCUT2D eigenvalue weighted by molar-refractivity contribution is 0.0981. The highest BCUT2D eigenvalue weighted by molar-refractivity contribution is 4.81. The average Bonchev–Trinajstić information content (AvgIpc) is 2.18. The highest BCUT2D eigenvalue weighted by atomic mass is 16.5. The van der Waals surface area contributed by atoms with E-state index in [2.05, 4.69) is 6.07 Å². The third kappa shape index (κ3) is 2.49. The van der Waals surface area contributed by atoms with Gasteiger partial charge in [0.2, 0.25) is 0 Å². The van der Waals surface area contributed by atoms with Crippen LogP contribution in [0.25, 0.3) is 0 Å². The van der Waals surface area contributed by atoms with Crippen molar-refractivity contribution in [3.63, 3.8) is 0 Å². The van der Waals surface area contributed by atoms with E-state index in [1.807, 2.05) is 0 Å². The summed E-state index contributed by atoms with van der Waals surface area (Å²) in [5.41, 5.74) is 0. The topological polar surface area (TPSA) is 53.2 Å². The molecule has 1 rings (SSSR count). The van der Waals surface area contributed by atoms with Crippen LogP contribution < -0.4 is 0 Å². The Labute approximate surface area is 66.6 Å². The first-order valence-electron chi connectivity index (χ1n) is 3.97. The maximum Gasteiger partial charge on any atom is 0.0625 e. The molecule has 1 N–H and O–H groups in total. The maximum absolute atomic E-state index is 9.45. The van der Waals surface area contributed by atoms with Crippen LogP contribution in [0.5, 0.6) is 0 Å². The Kier molecular flexibility index (Phi) is 3.34. The Balaban J connectivity index is 2.40. The second kappa shape index (κ2) is 4.32. The number of rotatable bonds is 1. The van der Waals surface area contributed by atoms with Crippen LogP contribution in [0, 0.1) is 17.2 Å². The van der Waals surface area contributed by atoms with E-state index >= 15 is 0 Å². The third-order valence-corrected chi connectivity index (χ3v) is 2.09. The first kappa shape index (κ1) is 8.51. The standard InChI is InChI=1S/C8H13NO2/c9-4-1-7-2-5-11-6-3-8(7)10/h7-8,10H,1-3,5-6H2. The molecule has 0 aromatic heterocycles. The fraction of sp³-hybridized carbons (Fsp3) is 0.875. The summed E-state index contributed by atoms with van der Waals surface area (Å²) in [5.74, 6) is 0.127. The molecule has 0 amide bonds. The maximum atomic E-state index is 9.45. The Morgan fingerprint density at radius 1 is 1.45 bits per heavy atom. The zero-order valence-electron chi connectivity index (χ0n) is 6.49. The van der Waals surface area contributed by atoms with Gasteiger partial charge in [-0.1, -0.05) is 0 Å². The molecule has 0 saturated carbocycles. The van der Waals surface area contributed by atoms with Gasteiger partial charge in [0.05, 0.1) is 12.2 Å². The summed E-state index contributed by atoms with van der Waals surface area (Å²) in [6.07, 6.45) is 1.60. The zero-order valence-corrected chi connectivity index (χ0v) is 6.49. The lowest BCUT2D eigenvalue weighted by atomic mass is 9.95. The molecule has 0 spiro atoms. The second-order valence-electron chi connectivity index (χ2n) is 2.88. The summed E-state index contributed by atoms with van der Waals surface area (Å²) in [4.78, 5) is 0. The van der Waals surface area contributed by atoms with Gasteiger partial charge in [0.25, 0.3) is 0 Å². The van der Waals surface area contributed by atoms with E-state index in [1.54, 1.807) is 0 Å². The molecule has 0 bridgehead atoms. The molecule has 1 saturated heterocycles. The predicted octanol–water partition coefficient (Wildman–Crippen LogP) is 0.688. The van der Waals surface area contributed by atoms with Crippen LogP contribution in [0.1, 0.15) is 19.3 Å². The van der Waals surface area contributed by atoms with Crippen LogP contribution in [0.4, 0.5) is 0 Å². The van der Waals surface area contributed by atoms with E-state index in [-0.39, 0.29) is 12.0 Å². The van der Waals surface area contributed by atoms with Crippen LogP contribution >= 0.6 is 0 Å². The Bertz CT molecular complexity index is 153. The van der Waals surface area contributed by atoms with Crippen LogP contribution in [-0.4, -0.2) is 24.4 Å². The average molecular weight is 155 g/mol. The molecule has 2 unspecified atom stereocenters. The Morgan fingerprint density at radius 2 is 2.18 bits per heavy atom. The van der Waals surface area contributed by atoms with Crippen molar-refractivity contribution in [1.29, 1.82) is 5.26 Å². The largest absolute Gasteiger partial charge is 0.393 e. The lowest BCUT2D eigenvalue weighted by Crippen LogP contribution is -2.19. The number of nitrogens with zero attached hydrogens (tertiary/aromatic N) is 1. The normalized spacial score (nSPS) is 32.4. The summed E-state index contributed by atoms with van der Waals surface area (Å²) >= 11 is 0. The van der Waals surface area contributed by atoms with Crippen molar-refractivity contribution in [1.82, 2.24) is 0 Å². The highest BCUT2D eigenvalue weighted by Crippen LogP contribution is 2.19. The van der Waals surface area contributed by atoms with E-state index in [0.29, 0.717) is 26.1 Å². The molecule has 2 atom stereocenters. The first-order valence-corrected chi connectivity index (χ1v) is 3.97. The summed E-state index contributed by atoms with van der Waals surface area (Å²) in [7, 11) is 0. The second-order valence-corrected chi connectivity index (χ2v) is 2.88. The fourth-order valence-electron chi connectivity index (χ4n) is 1.32. The Hall–Kier alpha value is -0.590. The molecular weight excluding hydrogens is 142 g/mol. The van der Waals surface area contributed by atoms with Gasteiger partial charge in [-0.3, -0.25) is 0 Å². The van der Waals surface area contributed by atoms with E-state index in [0.717, 1.165) is 6.42 Å². The molecule has 0 aromatic carbocycles. The molecule has 1 aliphatic rings. The van der Waals surface area contributed by atoms with E-state index < -0.39 is 0 Å². The van der Waals surface area contributed by atoms with Gasteiger partial charge in [-0.2, -0.15) is 5.26 Å². The van der Waals surface area contributed by atoms with Crippen LogP contribution in [-0.2, 0) is 4.74 Å². The number of ether oxygens (including phenoxy) is 1. The van der Waals surface area contributed by atoms with Crippen molar-refractivity contribution in [2.45, 2.75) is 25.4 Å². The molecule has 0 aliphatic carbocycles. The molecule has 1 fully saturated rings. The molecular formula is C8H13NO2. The third-order valence-electron chi connectivity index (χ3n) is 2.09. The van der Waals surface area contributed by atoms with Crippen molar-refractivity contribution in [3.8, 4) is 6.07 Å². The summed E-state index contributed by atoms with van der Waals surface area (Å²) in [6, 6.07) is 2.08.